The minimum Gasteiger partial charge on any atom is -0.401 e. The van der Waals surface area contributed by atoms with E-state index in [0.717, 1.165) is 16.9 Å². The second-order valence-electron chi connectivity index (χ2n) is 6.91. The molecule has 0 aliphatic rings. The fourth-order valence-corrected chi connectivity index (χ4v) is 2.60. The molecule has 2 aromatic carbocycles. The molecule has 0 aromatic heterocycles. The third-order valence-corrected chi connectivity index (χ3v) is 4.56. The van der Waals surface area contributed by atoms with E-state index < -0.39 is 5.91 Å². The van der Waals surface area contributed by atoms with Crippen molar-refractivity contribution in [2.75, 3.05) is 18.4 Å². The average molecular weight is 414 g/mol. The number of anilines is 1. The summed E-state index contributed by atoms with van der Waals surface area (Å²) in [6.07, 6.45) is 1.75. The Kier molecular flexibility index (Phi) is 8.55. The number of rotatable bonds is 10. The van der Waals surface area contributed by atoms with Gasteiger partial charge in [-0.3, -0.25) is 10.2 Å². The van der Waals surface area contributed by atoms with Crippen LogP contribution in [-0.2, 0) is 11.3 Å². The molecule has 0 bridgehead atoms. The van der Waals surface area contributed by atoms with Gasteiger partial charge in [0.25, 0.3) is 5.91 Å². The number of benzene rings is 2. The summed E-state index contributed by atoms with van der Waals surface area (Å²) < 4.78 is 0. The van der Waals surface area contributed by atoms with Gasteiger partial charge in [0.2, 0.25) is 0 Å². The Balaban J connectivity index is 1.90. The number of carbonyl (C=O) groups excluding carboxylic acids is 1. The Morgan fingerprint density at radius 1 is 1.14 bits per heavy atom. The van der Waals surface area contributed by atoms with Gasteiger partial charge in [0, 0.05) is 47.8 Å². The van der Waals surface area contributed by atoms with Gasteiger partial charge in [0.1, 0.15) is 5.71 Å². The molecule has 0 radical (unpaired) electrons. The molecule has 154 valence electrons. The van der Waals surface area contributed by atoms with Crippen molar-refractivity contribution in [1.29, 1.82) is 5.41 Å². The number of hydrogen-bond acceptors (Lipinski definition) is 5. The standard InChI is InChI=1S/C22H28ClN5O/c1-15(2)19(24)14-26-11-12-27-22(29)21(25)18-5-3-4-6-20(18)28-13-16-7-9-17(23)10-8-16/h3-10,14-15,25-26,28H,11-13,24H2,1-2H3,(H,27,29)/b19-14-,25-21?. The summed E-state index contributed by atoms with van der Waals surface area (Å²) in [4.78, 5) is 12.4. The second-order valence-corrected chi connectivity index (χ2v) is 7.35. The maximum atomic E-state index is 12.4. The van der Waals surface area contributed by atoms with Gasteiger partial charge in [-0.2, -0.15) is 0 Å². The van der Waals surface area contributed by atoms with Gasteiger partial charge in [-0.25, -0.2) is 0 Å². The Morgan fingerprint density at radius 3 is 2.52 bits per heavy atom. The van der Waals surface area contributed by atoms with E-state index in [0.29, 0.717) is 30.2 Å². The van der Waals surface area contributed by atoms with Crippen LogP contribution in [-0.4, -0.2) is 24.7 Å². The molecule has 7 heteroatoms. The number of allylic oxidation sites excluding steroid dienone is 1. The lowest BCUT2D eigenvalue weighted by Crippen LogP contribution is -2.35. The zero-order valence-corrected chi connectivity index (χ0v) is 17.5. The molecule has 0 aliphatic carbocycles. The topological polar surface area (TPSA) is 103 Å². The molecule has 1 amide bonds. The van der Waals surface area contributed by atoms with Crippen LogP contribution in [0.3, 0.4) is 0 Å². The molecule has 0 saturated carbocycles. The van der Waals surface area contributed by atoms with Crippen LogP contribution >= 0.6 is 11.6 Å². The highest BCUT2D eigenvalue weighted by molar-refractivity contribution is 6.45. The molecule has 6 N–H and O–H groups in total. The van der Waals surface area contributed by atoms with E-state index in [-0.39, 0.29) is 11.6 Å². The summed E-state index contributed by atoms with van der Waals surface area (Å²) in [5, 5.41) is 18.1. The third-order valence-electron chi connectivity index (χ3n) is 4.31. The highest BCUT2D eigenvalue weighted by Crippen LogP contribution is 2.18. The second kappa shape index (κ2) is 11.1. The summed E-state index contributed by atoms with van der Waals surface area (Å²) in [6.45, 7) is 5.51. The summed E-state index contributed by atoms with van der Waals surface area (Å²) in [5.74, 6) is -0.157. The van der Waals surface area contributed by atoms with Gasteiger partial charge in [0.15, 0.2) is 0 Å². The van der Waals surface area contributed by atoms with Crippen LogP contribution in [0, 0.1) is 11.3 Å². The van der Waals surface area contributed by atoms with E-state index in [1.807, 2.05) is 56.3 Å². The monoisotopic (exact) mass is 413 g/mol. The first kappa shape index (κ1) is 22.3. The Bertz CT molecular complexity index is 862. The first-order valence-electron chi connectivity index (χ1n) is 9.52. The highest BCUT2D eigenvalue weighted by atomic mass is 35.5. The van der Waals surface area contributed by atoms with Gasteiger partial charge in [-0.05, 0) is 29.7 Å². The molecule has 2 rings (SSSR count). The lowest BCUT2D eigenvalue weighted by atomic mass is 10.1. The molecule has 0 fully saturated rings. The lowest BCUT2D eigenvalue weighted by molar-refractivity contribution is -0.114. The quantitative estimate of drug-likeness (QED) is 0.304. The number of amides is 1. The minimum atomic E-state index is -0.423. The summed E-state index contributed by atoms with van der Waals surface area (Å²) in [5.41, 5.74) is 8.85. The number of nitrogens with two attached hydrogens (primary N) is 1. The van der Waals surface area contributed by atoms with Crippen LogP contribution in [0.2, 0.25) is 5.02 Å². The molecular formula is C22H28ClN5O. The lowest BCUT2D eigenvalue weighted by Gasteiger charge is -2.13. The minimum absolute atomic E-state index is 0.0820. The Hall–Kier alpha value is -2.99. The molecule has 0 aliphatic heterocycles. The van der Waals surface area contributed by atoms with E-state index in [9.17, 15) is 4.79 Å². The molecule has 29 heavy (non-hydrogen) atoms. The van der Waals surface area contributed by atoms with Crippen LogP contribution in [0.25, 0.3) is 0 Å². The largest absolute Gasteiger partial charge is 0.401 e. The van der Waals surface area contributed by atoms with Crippen LogP contribution in [0.1, 0.15) is 25.0 Å². The SMILES string of the molecule is CC(C)/C(N)=C/NCCNC(=O)C(=N)c1ccccc1NCc1ccc(Cl)cc1. The molecule has 0 saturated heterocycles. The molecule has 0 unspecified atom stereocenters. The van der Waals surface area contributed by atoms with Crippen LogP contribution in [0.4, 0.5) is 5.69 Å². The number of para-hydroxylation sites is 1. The van der Waals surface area contributed by atoms with E-state index in [1.165, 1.54) is 0 Å². The van der Waals surface area contributed by atoms with Gasteiger partial charge in [0.05, 0.1) is 0 Å². The molecule has 0 heterocycles. The normalized spacial score (nSPS) is 11.2. The zero-order chi connectivity index (χ0) is 21.2. The van der Waals surface area contributed by atoms with E-state index >= 15 is 0 Å². The molecule has 6 nitrogen and oxygen atoms in total. The average Bonchev–Trinajstić information content (AvgIpc) is 2.72. The van der Waals surface area contributed by atoms with Crippen molar-refractivity contribution in [3.63, 3.8) is 0 Å². The maximum Gasteiger partial charge on any atom is 0.269 e. The first-order valence-corrected chi connectivity index (χ1v) is 9.89. The Labute approximate surface area is 177 Å². The van der Waals surface area contributed by atoms with Gasteiger partial charge < -0.3 is 21.7 Å². The number of hydrogen-bond donors (Lipinski definition) is 5. The number of halogens is 1. The predicted octanol–water partition coefficient (Wildman–Crippen LogP) is 3.48. The van der Waals surface area contributed by atoms with E-state index in [4.69, 9.17) is 22.7 Å². The van der Waals surface area contributed by atoms with Crippen LogP contribution in [0.15, 0.2) is 60.4 Å². The molecule has 0 spiro atoms. The fraction of sp³-hybridized carbons (Fsp3) is 0.273. The van der Waals surface area contributed by atoms with Crippen molar-refractivity contribution in [1.82, 2.24) is 10.6 Å². The van der Waals surface area contributed by atoms with Gasteiger partial charge in [-0.15, -0.1) is 0 Å². The predicted molar refractivity (Wildman–Crippen MR) is 120 cm³/mol. The highest BCUT2D eigenvalue weighted by Gasteiger charge is 2.14. The van der Waals surface area contributed by atoms with Crippen molar-refractivity contribution < 1.29 is 4.79 Å². The smallest absolute Gasteiger partial charge is 0.269 e. The molecular weight excluding hydrogens is 386 g/mol. The first-order chi connectivity index (χ1) is 13.9. The van der Waals surface area contributed by atoms with Crippen molar-refractivity contribution in [2.45, 2.75) is 20.4 Å². The molecule has 0 atom stereocenters. The van der Waals surface area contributed by atoms with Crippen molar-refractivity contribution in [3.05, 3.63) is 76.6 Å². The van der Waals surface area contributed by atoms with Crippen LogP contribution < -0.4 is 21.7 Å². The van der Waals surface area contributed by atoms with Gasteiger partial charge >= 0.3 is 0 Å². The maximum absolute atomic E-state index is 12.4. The van der Waals surface area contributed by atoms with E-state index in [2.05, 4.69) is 16.0 Å². The van der Waals surface area contributed by atoms with Crippen molar-refractivity contribution >= 4 is 28.9 Å². The zero-order valence-electron chi connectivity index (χ0n) is 16.8. The van der Waals surface area contributed by atoms with Crippen molar-refractivity contribution in [2.24, 2.45) is 11.7 Å². The Morgan fingerprint density at radius 2 is 1.83 bits per heavy atom. The van der Waals surface area contributed by atoms with Crippen LogP contribution in [0.5, 0.6) is 0 Å². The number of carbonyl (C=O) groups is 1. The number of nitrogens with one attached hydrogen (secondary N) is 4. The summed E-state index contributed by atoms with van der Waals surface area (Å²) >= 11 is 5.91. The van der Waals surface area contributed by atoms with E-state index in [1.54, 1.807) is 12.3 Å². The third kappa shape index (κ3) is 7.16. The van der Waals surface area contributed by atoms with Crippen molar-refractivity contribution in [3.8, 4) is 0 Å². The fourth-order valence-electron chi connectivity index (χ4n) is 2.47. The summed E-state index contributed by atoms with van der Waals surface area (Å²) in [6, 6.07) is 14.8. The summed E-state index contributed by atoms with van der Waals surface area (Å²) in [7, 11) is 0. The molecule has 2 aromatic rings. The van der Waals surface area contributed by atoms with Gasteiger partial charge in [-0.1, -0.05) is 55.8 Å².